The average molecular weight is 557 g/mol. The van der Waals surface area contributed by atoms with Gasteiger partial charge in [0, 0.05) is 35.4 Å². The predicted octanol–water partition coefficient (Wildman–Crippen LogP) is 7.22. The van der Waals surface area contributed by atoms with Gasteiger partial charge in [0.15, 0.2) is 0 Å². The lowest BCUT2D eigenvalue weighted by Crippen LogP contribution is -2.27. The standard InChI is InChI=1S/C37H25N4P/c1-42(28-15-18-33(40-23-28)31-9-2-4-21-38-31,29-16-19-34(41-24-29)32-10-3-5-22-39-32)35-20-14-27-12-11-25-7-6-8-26-13-17-30(35)37(27)36(25)26/h2-24H,1H2. The maximum absolute atomic E-state index is 5.07. The summed E-state index contributed by atoms with van der Waals surface area (Å²) >= 11 is 0. The molecule has 0 aliphatic carbocycles. The molecular weight excluding hydrogens is 531 g/mol. The Balaban J connectivity index is 1.37. The minimum atomic E-state index is -2.42. The normalized spacial score (nSPS) is 11.9. The summed E-state index contributed by atoms with van der Waals surface area (Å²) in [5.74, 6) is 0. The molecular formula is C37H25N4P. The summed E-state index contributed by atoms with van der Waals surface area (Å²) in [6.45, 7) is -2.42. The van der Waals surface area contributed by atoms with Crippen molar-refractivity contribution in [3.05, 3.63) is 140 Å². The van der Waals surface area contributed by atoms with Crippen molar-refractivity contribution < 1.29 is 0 Å². The molecule has 0 radical (unpaired) electrons. The van der Waals surface area contributed by atoms with Gasteiger partial charge in [-0.1, -0.05) is 85.2 Å². The number of rotatable bonds is 5. The second-order valence-electron chi connectivity index (χ2n) is 10.5. The highest BCUT2D eigenvalue weighted by Gasteiger charge is 2.27. The highest BCUT2D eigenvalue weighted by Crippen LogP contribution is 2.46. The van der Waals surface area contributed by atoms with E-state index in [2.05, 4.69) is 88.8 Å². The summed E-state index contributed by atoms with van der Waals surface area (Å²) in [6.07, 6.45) is 12.6. The molecule has 198 valence electrons. The zero-order valence-corrected chi connectivity index (χ0v) is 23.6. The fourth-order valence-corrected chi connectivity index (χ4v) is 8.98. The van der Waals surface area contributed by atoms with Crippen molar-refractivity contribution in [2.45, 2.75) is 0 Å². The van der Waals surface area contributed by atoms with Crippen molar-refractivity contribution in [3.63, 3.8) is 0 Å². The molecule has 0 bridgehead atoms. The van der Waals surface area contributed by atoms with Crippen LogP contribution in [0.4, 0.5) is 0 Å². The van der Waals surface area contributed by atoms with Crippen LogP contribution < -0.4 is 15.9 Å². The molecule has 8 rings (SSSR count). The van der Waals surface area contributed by atoms with Crippen molar-refractivity contribution in [1.82, 2.24) is 19.9 Å². The molecule has 42 heavy (non-hydrogen) atoms. The molecule has 5 heteroatoms. The Morgan fingerprint density at radius 3 is 1.48 bits per heavy atom. The SMILES string of the molecule is C=P(c1ccc(-c2ccccn2)nc1)(c1ccc(-c2ccccn2)nc1)c1ccc2ccc3cccc4ccc1c2c34. The molecule has 0 aliphatic rings. The van der Waals surface area contributed by atoms with E-state index < -0.39 is 6.89 Å². The molecule has 0 fully saturated rings. The van der Waals surface area contributed by atoms with E-state index in [0.717, 1.165) is 33.4 Å². The first kappa shape index (κ1) is 24.6. The van der Waals surface area contributed by atoms with Crippen molar-refractivity contribution >= 4 is 61.4 Å². The van der Waals surface area contributed by atoms with Crippen LogP contribution in [0.1, 0.15) is 0 Å². The van der Waals surface area contributed by atoms with Crippen LogP contribution in [0.2, 0.25) is 0 Å². The van der Waals surface area contributed by atoms with Crippen LogP contribution in [0.25, 0.3) is 55.1 Å². The number of aromatic nitrogens is 4. The van der Waals surface area contributed by atoms with E-state index >= 15 is 0 Å². The summed E-state index contributed by atoms with van der Waals surface area (Å²) in [5.41, 5.74) is 3.37. The van der Waals surface area contributed by atoms with Crippen LogP contribution in [0, 0.1) is 0 Å². The molecule has 0 amide bonds. The van der Waals surface area contributed by atoms with Crippen LogP contribution in [0.3, 0.4) is 0 Å². The quantitative estimate of drug-likeness (QED) is 0.166. The number of pyridine rings is 4. The molecule has 4 aromatic carbocycles. The maximum Gasteiger partial charge on any atom is 0.0886 e. The summed E-state index contributed by atoms with van der Waals surface area (Å²) in [7, 11) is 0. The van der Waals surface area contributed by atoms with Crippen molar-refractivity contribution in [2.75, 3.05) is 0 Å². The van der Waals surface area contributed by atoms with Gasteiger partial charge in [-0.3, -0.25) is 19.9 Å². The molecule has 8 aromatic rings. The van der Waals surface area contributed by atoms with Gasteiger partial charge in [0.1, 0.15) is 0 Å². The van der Waals surface area contributed by atoms with E-state index in [9.17, 15) is 0 Å². The number of hydrogen-bond donors (Lipinski definition) is 0. The van der Waals surface area contributed by atoms with E-state index in [1.165, 1.54) is 37.6 Å². The van der Waals surface area contributed by atoms with Gasteiger partial charge in [-0.15, -0.1) is 0 Å². The van der Waals surface area contributed by atoms with Gasteiger partial charge in [-0.25, -0.2) is 0 Å². The Hall–Kier alpha value is -5.18. The smallest absolute Gasteiger partial charge is 0.0886 e. The van der Waals surface area contributed by atoms with E-state index in [4.69, 9.17) is 16.3 Å². The molecule has 0 atom stereocenters. The van der Waals surface area contributed by atoms with Crippen molar-refractivity contribution in [3.8, 4) is 22.8 Å². The Bertz CT molecular complexity index is 2140. The summed E-state index contributed by atoms with van der Waals surface area (Å²) in [4.78, 5) is 18.8. The lowest BCUT2D eigenvalue weighted by atomic mass is 9.94. The number of nitrogens with zero attached hydrogens (tertiary/aromatic N) is 4. The molecule has 0 spiro atoms. The summed E-state index contributed by atoms with van der Waals surface area (Å²) in [5, 5.41) is 10.9. The lowest BCUT2D eigenvalue weighted by Gasteiger charge is -2.28. The highest BCUT2D eigenvalue weighted by atomic mass is 31.2. The molecule has 0 N–H and O–H groups in total. The maximum atomic E-state index is 5.07. The fourth-order valence-electron chi connectivity index (χ4n) is 6.04. The molecule has 0 unspecified atom stereocenters. The molecule has 0 saturated heterocycles. The van der Waals surface area contributed by atoms with Gasteiger partial charge >= 0.3 is 0 Å². The summed E-state index contributed by atoms with van der Waals surface area (Å²) < 4.78 is 0. The fraction of sp³-hybridized carbons (Fsp3) is 0. The molecule has 0 aliphatic heterocycles. The van der Waals surface area contributed by atoms with Gasteiger partial charge in [0.2, 0.25) is 0 Å². The minimum absolute atomic E-state index is 0.838. The van der Waals surface area contributed by atoms with Crippen LogP contribution in [-0.2, 0) is 0 Å². The lowest BCUT2D eigenvalue weighted by molar-refractivity contribution is 1.25. The van der Waals surface area contributed by atoms with Gasteiger partial charge in [0.25, 0.3) is 0 Å². The zero-order valence-electron chi connectivity index (χ0n) is 22.7. The third kappa shape index (κ3) is 3.84. The topological polar surface area (TPSA) is 51.6 Å². The van der Waals surface area contributed by atoms with Crippen LogP contribution in [0.15, 0.2) is 140 Å². The van der Waals surface area contributed by atoms with Crippen LogP contribution >= 0.6 is 6.89 Å². The first-order valence-electron chi connectivity index (χ1n) is 13.9. The van der Waals surface area contributed by atoms with E-state index in [1.54, 1.807) is 12.4 Å². The highest BCUT2D eigenvalue weighted by molar-refractivity contribution is 7.93. The average Bonchev–Trinajstić information content (AvgIpc) is 3.08. The summed E-state index contributed by atoms with van der Waals surface area (Å²) in [6, 6.07) is 40.2. The number of hydrogen-bond acceptors (Lipinski definition) is 4. The van der Waals surface area contributed by atoms with Gasteiger partial charge < -0.3 is 0 Å². The van der Waals surface area contributed by atoms with Crippen LogP contribution in [0.5, 0.6) is 0 Å². The second kappa shape index (κ2) is 9.73. The van der Waals surface area contributed by atoms with Gasteiger partial charge in [-0.2, -0.15) is 0 Å². The Labute approximate surface area is 243 Å². The first-order chi connectivity index (χ1) is 20.7. The van der Waals surface area contributed by atoms with Crippen molar-refractivity contribution in [2.24, 2.45) is 0 Å². The Morgan fingerprint density at radius 1 is 0.429 bits per heavy atom. The zero-order chi connectivity index (χ0) is 28.1. The molecule has 0 saturated carbocycles. The van der Waals surface area contributed by atoms with E-state index in [0.29, 0.717) is 0 Å². The van der Waals surface area contributed by atoms with Crippen molar-refractivity contribution in [1.29, 1.82) is 0 Å². The molecule has 4 nitrogen and oxygen atoms in total. The largest absolute Gasteiger partial charge is 0.255 e. The number of benzene rings is 4. The molecule has 4 aromatic heterocycles. The van der Waals surface area contributed by atoms with Crippen LogP contribution in [-0.4, -0.2) is 26.2 Å². The second-order valence-corrected chi connectivity index (χ2v) is 13.6. The third-order valence-electron chi connectivity index (χ3n) is 8.15. The van der Waals surface area contributed by atoms with Gasteiger partial charge in [0.05, 0.1) is 22.8 Å². The third-order valence-corrected chi connectivity index (χ3v) is 11.7. The minimum Gasteiger partial charge on any atom is -0.255 e. The Morgan fingerprint density at radius 2 is 0.952 bits per heavy atom. The monoisotopic (exact) mass is 556 g/mol. The van der Waals surface area contributed by atoms with E-state index in [-0.39, 0.29) is 0 Å². The predicted molar refractivity (Wildman–Crippen MR) is 178 cm³/mol. The van der Waals surface area contributed by atoms with E-state index in [1.807, 2.05) is 48.8 Å². The van der Waals surface area contributed by atoms with Gasteiger partial charge in [-0.05, 0) is 80.9 Å². The first-order valence-corrected chi connectivity index (χ1v) is 15.8. The Kier molecular flexibility index (Phi) is 5.70. The molecule has 4 heterocycles.